The third kappa shape index (κ3) is 7.64. The third-order valence-corrected chi connectivity index (χ3v) is 5.16. The number of carbonyl (C=O) groups excluding carboxylic acids is 2. The minimum Gasteiger partial charge on any atom is -0.496 e. The van der Waals surface area contributed by atoms with Crippen LogP contribution in [0.25, 0.3) is 0 Å². The molecule has 174 valence electrons. The highest BCUT2D eigenvalue weighted by Gasteiger charge is 2.26. The summed E-state index contributed by atoms with van der Waals surface area (Å²) in [6, 6.07) is 11.6. The molecule has 0 radical (unpaired) electrons. The molecule has 8 heteroatoms. The normalized spacial score (nSPS) is 11.4. The van der Waals surface area contributed by atoms with Crippen LogP contribution in [0.5, 0.6) is 17.2 Å². The Bertz CT molecular complexity index is 883. The van der Waals surface area contributed by atoms with Crippen molar-refractivity contribution in [3.8, 4) is 17.2 Å². The van der Waals surface area contributed by atoms with Gasteiger partial charge in [0.15, 0.2) is 6.61 Å². The van der Waals surface area contributed by atoms with E-state index in [-0.39, 0.29) is 25.0 Å². The maximum Gasteiger partial charge on any atom is 0.261 e. The van der Waals surface area contributed by atoms with Crippen LogP contribution in [0, 0.1) is 0 Å². The predicted octanol–water partition coefficient (Wildman–Crippen LogP) is 4.07. The minimum atomic E-state index is -0.679. The molecule has 0 bridgehead atoms. The number of unbranched alkanes of at least 4 members (excludes halogenated alkanes) is 1. The van der Waals surface area contributed by atoms with Crippen LogP contribution in [-0.2, 0) is 16.1 Å². The number of methoxy groups -OCH3 is 2. The first kappa shape index (κ1) is 25.3. The molecule has 0 saturated carbocycles. The van der Waals surface area contributed by atoms with E-state index in [0.717, 1.165) is 18.4 Å². The van der Waals surface area contributed by atoms with Crippen LogP contribution < -0.4 is 19.5 Å². The molecule has 0 aliphatic carbocycles. The van der Waals surface area contributed by atoms with Crippen LogP contribution in [0.15, 0.2) is 42.5 Å². The average Bonchev–Trinajstić information content (AvgIpc) is 2.80. The van der Waals surface area contributed by atoms with Crippen molar-refractivity contribution in [3.63, 3.8) is 0 Å². The Morgan fingerprint density at radius 3 is 2.31 bits per heavy atom. The van der Waals surface area contributed by atoms with Crippen LogP contribution in [0.2, 0.25) is 5.02 Å². The number of hydrogen-bond donors (Lipinski definition) is 1. The van der Waals surface area contributed by atoms with Gasteiger partial charge >= 0.3 is 0 Å². The van der Waals surface area contributed by atoms with Gasteiger partial charge in [0, 0.05) is 36.3 Å². The lowest BCUT2D eigenvalue weighted by Crippen LogP contribution is -2.49. The standard InChI is InChI=1S/C24H31ClN2O5/c1-5-6-10-26-24(29)17(2)27(15-18-8-7-9-19(25)11-18)23(28)16-32-22-13-20(30-3)12-21(14-22)31-4/h7-9,11-14,17H,5-6,10,15-16H2,1-4H3,(H,26,29)/t17-/m1/s1. The lowest BCUT2D eigenvalue weighted by Gasteiger charge is -2.29. The largest absolute Gasteiger partial charge is 0.496 e. The Hall–Kier alpha value is -2.93. The number of rotatable bonds is 12. The van der Waals surface area contributed by atoms with Crippen LogP contribution in [0.1, 0.15) is 32.3 Å². The van der Waals surface area contributed by atoms with Crippen molar-refractivity contribution in [2.75, 3.05) is 27.4 Å². The van der Waals surface area contributed by atoms with Crippen molar-refractivity contribution in [1.29, 1.82) is 0 Å². The zero-order valence-corrected chi connectivity index (χ0v) is 19.8. The van der Waals surface area contributed by atoms with E-state index in [1.165, 1.54) is 19.1 Å². The van der Waals surface area contributed by atoms with Gasteiger partial charge in [0.2, 0.25) is 5.91 Å². The molecule has 0 aliphatic rings. The number of ether oxygens (including phenoxy) is 3. The zero-order chi connectivity index (χ0) is 23.5. The molecule has 2 rings (SSSR count). The van der Waals surface area contributed by atoms with Gasteiger partial charge in [-0.15, -0.1) is 0 Å². The Balaban J connectivity index is 2.16. The molecule has 2 aromatic rings. The fourth-order valence-electron chi connectivity index (χ4n) is 3.04. The summed E-state index contributed by atoms with van der Waals surface area (Å²) in [5.41, 5.74) is 0.821. The molecule has 1 N–H and O–H groups in total. The molecule has 1 atom stereocenters. The first-order valence-electron chi connectivity index (χ1n) is 10.6. The molecule has 0 fully saturated rings. The fraction of sp³-hybridized carbons (Fsp3) is 0.417. The van der Waals surface area contributed by atoms with Crippen LogP contribution in [-0.4, -0.2) is 50.1 Å². The van der Waals surface area contributed by atoms with Gasteiger partial charge in [-0.05, 0) is 31.0 Å². The highest BCUT2D eigenvalue weighted by Crippen LogP contribution is 2.27. The average molecular weight is 463 g/mol. The summed E-state index contributed by atoms with van der Waals surface area (Å²) in [5.74, 6) is 0.983. The van der Waals surface area contributed by atoms with E-state index in [2.05, 4.69) is 12.2 Å². The van der Waals surface area contributed by atoms with Crippen molar-refractivity contribution in [2.45, 2.75) is 39.3 Å². The zero-order valence-electron chi connectivity index (χ0n) is 19.0. The lowest BCUT2D eigenvalue weighted by atomic mass is 10.1. The monoisotopic (exact) mass is 462 g/mol. The van der Waals surface area contributed by atoms with Gasteiger partial charge in [-0.2, -0.15) is 0 Å². The quantitative estimate of drug-likeness (QED) is 0.481. The highest BCUT2D eigenvalue weighted by atomic mass is 35.5. The predicted molar refractivity (Wildman–Crippen MR) is 124 cm³/mol. The summed E-state index contributed by atoms with van der Waals surface area (Å²) >= 11 is 6.10. The lowest BCUT2D eigenvalue weighted by molar-refractivity contribution is -0.142. The van der Waals surface area contributed by atoms with Crippen LogP contribution in [0.3, 0.4) is 0 Å². The number of nitrogens with one attached hydrogen (secondary N) is 1. The summed E-state index contributed by atoms with van der Waals surface area (Å²) in [4.78, 5) is 27.3. The topological polar surface area (TPSA) is 77.1 Å². The van der Waals surface area contributed by atoms with Gasteiger partial charge in [-0.3, -0.25) is 9.59 Å². The Kier molecular flexibility index (Phi) is 10.1. The summed E-state index contributed by atoms with van der Waals surface area (Å²) in [6.07, 6.45) is 1.85. The fourth-order valence-corrected chi connectivity index (χ4v) is 3.26. The van der Waals surface area contributed by atoms with Gasteiger partial charge in [0.25, 0.3) is 5.91 Å². The second-order valence-electron chi connectivity index (χ2n) is 7.31. The number of halogens is 1. The maximum atomic E-state index is 13.1. The van der Waals surface area contributed by atoms with Crippen molar-refractivity contribution >= 4 is 23.4 Å². The molecular weight excluding hydrogens is 432 g/mol. The Morgan fingerprint density at radius 1 is 1.06 bits per heavy atom. The Labute approximate surface area is 194 Å². The van der Waals surface area contributed by atoms with Gasteiger partial charge < -0.3 is 24.4 Å². The van der Waals surface area contributed by atoms with E-state index in [9.17, 15) is 9.59 Å². The van der Waals surface area contributed by atoms with Gasteiger partial charge in [-0.1, -0.05) is 37.1 Å². The Morgan fingerprint density at radius 2 is 1.72 bits per heavy atom. The maximum absolute atomic E-state index is 13.1. The minimum absolute atomic E-state index is 0.211. The van der Waals surface area contributed by atoms with E-state index >= 15 is 0 Å². The number of benzene rings is 2. The van der Waals surface area contributed by atoms with E-state index in [1.807, 2.05) is 12.1 Å². The second-order valence-corrected chi connectivity index (χ2v) is 7.75. The first-order chi connectivity index (χ1) is 15.4. The van der Waals surface area contributed by atoms with Crippen molar-refractivity contribution in [3.05, 3.63) is 53.1 Å². The number of nitrogens with zero attached hydrogens (tertiary/aromatic N) is 1. The highest BCUT2D eigenvalue weighted by molar-refractivity contribution is 6.30. The van der Waals surface area contributed by atoms with Crippen molar-refractivity contribution in [2.24, 2.45) is 0 Å². The van der Waals surface area contributed by atoms with Crippen molar-refractivity contribution in [1.82, 2.24) is 10.2 Å². The van der Waals surface area contributed by atoms with E-state index < -0.39 is 6.04 Å². The van der Waals surface area contributed by atoms with Gasteiger partial charge in [-0.25, -0.2) is 0 Å². The third-order valence-electron chi connectivity index (χ3n) is 4.93. The summed E-state index contributed by atoms with van der Waals surface area (Å²) in [6.45, 7) is 4.31. The summed E-state index contributed by atoms with van der Waals surface area (Å²) in [7, 11) is 3.07. The second kappa shape index (κ2) is 12.8. The molecule has 7 nitrogen and oxygen atoms in total. The number of amides is 2. The van der Waals surface area contributed by atoms with Gasteiger partial charge in [0.05, 0.1) is 14.2 Å². The smallest absolute Gasteiger partial charge is 0.261 e. The molecule has 0 spiro atoms. The molecule has 0 aliphatic heterocycles. The van der Waals surface area contributed by atoms with Crippen LogP contribution >= 0.6 is 11.6 Å². The van der Waals surface area contributed by atoms with E-state index in [0.29, 0.717) is 28.8 Å². The molecule has 0 heterocycles. The van der Waals surface area contributed by atoms with Gasteiger partial charge in [0.1, 0.15) is 23.3 Å². The van der Waals surface area contributed by atoms with E-state index in [4.69, 9.17) is 25.8 Å². The summed E-state index contributed by atoms with van der Waals surface area (Å²) in [5, 5.41) is 3.45. The number of hydrogen-bond acceptors (Lipinski definition) is 5. The van der Waals surface area contributed by atoms with Crippen LogP contribution in [0.4, 0.5) is 0 Å². The SMILES string of the molecule is CCCCNC(=O)[C@@H](C)N(Cc1cccc(Cl)c1)C(=O)COc1cc(OC)cc(OC)c1. The molecule has 2 aromatic carbocycles. The van der Waals surface area contributed by atoms with Crippen molar-refractivity contribution < 1.29 is 23.8 Å². The molecular formula is C24H31ClN2O5. The molecule has 0 unspecified atom stereocenters. The summed E-state index contributed by atoms with van der Waals surface area (Å²) < 4.78 is 16.2. The molecule has 0 saturated heterocycles. The molecule has 2 amide bonds. The number of carbonyl (C=O) groups is 2. The first-order valence-corrected chi connectivity index (χ1v) is 10.9. The van der Waals surface area contributed by atoms with E-state index in [1.54, 1.807) is 37.3 Å². The molecule has 32 heavy (non-hydrogen) atoms. The molecule has 0 aromatic heterocycles.